The van der Waals surface area contributed by atoms with Crippen LogP contribution in [0.25, 0.3) is 0 Å². The molecule has 0 saturated carbocycles. The molecule has 108 valence electrons. The number of hydrogen-bond donors (Lipinski definition) is 1. The molecule has 1 aliphatic heterocycles. The van der Waals surface area contributed by atoms with E-state index >= 15 is 0 Å². The zero-order valence-electron chi connectivity index (χ0n) is 11.0. The summed E-state index contributed by atoms with van der Waals surface area (Å²) in [7, 11) is 0. The van der Waals surface area contributed by atoms with Gasteiger partial charge in [-0.1, -0.05) is 12.1 Å². The van der Waals surface area contributed by atoms with Crippen molar-refractivity contribution in [1.29, 1.82) is 0 Å². The van der Waals surface area contributed by atoms with Crippen LogP contribution in [0.2, 0.25) is 0 Å². The van der Waals surface area contributed by atoms with Gasteiger partial charge in [-0.05, 0) is 18.2 Å². The molecule has 0 saturated heterocycles. The molecule has 1 amide bonds. The van der Waals surface area contributed by atoms with E-state index in [1.165, 1.54) is 17.0 Å². The molecule has 2 aromatic carbocycles. The lowest BCUT2D eigenvalue weighted by atomic mass is 10.1. The Morgan fingerprint density at radius 2 is 2.05 bits per heavy atom. The predicted molar refractivity (Wildman–Crippen MR) is 73.9 cm³/mol. The Kier molecular flexibility index (Phi) is 3.21. The fraction of sp³-hybridized carbons (Fsp3) is 0.133. The Morgan fingerprint density at radius 1 is 1.24 bits per heavy atom. The highest BCUT2D eigenvalue weighted by Crippen LogP contribution is 2.34. The summed E-state index contributed by atoms with van der Waals surface area (Å²) in [5.41, 5.74) is 6.76. The highest BCUT2D eigenvalue weighted by molar-refractivity contribution is 5.98. The second-order valence-electron chi connectivity index (χ2n) is 4.71. The standard InChI is InChI=1S/C15H12F2N2O2/c16-11-3-1-2-9(15(11)17)7-19-12-5-4-10(18)6-13(12)21-8-14(19)20/h1-6H,7-8,18H2. The van der Waals surface area contributed by atoms with Crippen LogP contribution in [0, 0.1) is 11.6 Å². The number of fused-ring (bicyclic) bond motifs is 1. The first kappa shape index (κ1) is 13.4. The second-order valence-corrected chi connectivity index (χ2v) is 4.71. The maximum absolute atomic E-state index is 13.8. The summed E-state index contributed by atoms with van der Waals surface area (Å²) in [6, 6.07) is 8.72. The van der Waals surface area contributed by atoms with Gasteiger partial charge in [0.2, 0.25) is 0 Å². The van der Waals surface area contributed by atoms with Crippen LogP contribution in [-0.2, 0) is 11.3 Å². The minimum atomic E-state index is -0.950. The fourth-order valence-corrected chi connectivity index (χ4v) is 2.24. The lowest BCUT2D eigenvalue weighted by Crippen LogP contribution is -2.38. The largest absolute Gasteiger partial charge is 0.481 e. The summed E-state index contributed by atoms with van der Waals surface area (Å²) in [6.45, 7) is -0.226. The van der Waals surface area contributed by atoms with Crippen molar-refractivity contribution in [2.24, 2.45) is 0 Å². The first-order valence-electron chi connectivity index (χ1n) is 6.32. The summed E-state index contributed by atoms with van der Waals surface area (Å²) >= 11 is 0. The number of nitrogens with zero attached hydrogens (tertiary/aromatic N) is 1. The van der Waals surface area contributed by atoms with Crippen molar-refractivity contribution in [3.05, 3.63) is 53.6 Å². The van der Waals surface area contributed by atoms with Crippen molar-refractivity contribution in [3.63, 3.8) is 0 Å². The zero-order valence-corrected chi connectivity index (χ0v) is 11.0. The van der Waals surface area contributed by atoms with Gasteiger partial charge >= 0.3 is 0 Å². The number of anilines is 2. The summed E-state index contributed by atoms with van der Waals surface area (Å²) in [4.78, 5) is 13.4. The summed E-state index contributed by atoms with van der Waals surface area (Å²) in [5.74, 6) is -1.76. The topological polar surface area (TPSA) is 55.6 Å². The van der Waals surface area contributed by atoms with Gasteiger partial charge in [-0.2, -0.15) is 0 Å². The third-order valence-electron chi connectivity index (χ3n) is 3.29. The number of nitrogens with two attached hydrogens (primary N) is 1. The molecule has 1 aliphatic rings. The molecule has 21 heavy (non-hydrogen) atoms. The lowest BCUT2D eigenvalue weighted by Gasteiger charge is -2.29. The van der Waals surface area contributed by atoms with Crippen molar-refractivity contribution >= 4 is 17.3 Å². The number of amides is 1. The van der Waals surface area contributed by atoms with Gasteiger partial charge in [0.05, 0.1) is 12.2 Å². The molecule has 0 radical (unpaired) electrons. The maximum atomic E-state index is 13.8. The molecule has 0 aromatic heterocycles. The Labute approximate surface area is 119 Å². The molecule has 4 nitrogen and oxygen atoms in total. The molecule has 0 spiro atoms. The van der Waals surface area contributed by atoms with E-state index in [0.717, 1.165) is 6.07 Å². The lowest BCUT2D eigenvalue weighted by molar-refractivity contribution is -0.121. The van der Waals surface area contributed by atoms with Gasteiger partial charge in [0.15, 0.2) is 18.2 Å². The van der Waals surface area contributed by atoms with Crippen molar-refractivity contribution in [2.75, 3.05) is 17.2 Å². The number of benzene rings is 2. The van der Waals surface area contributed by atoms with Gasteiger partial charge in [-0.25, -0.2) is 8.78 Å². The number of carbonyl (C=O) groups is 1. The monoisotopic (exact) mass is 290 g/mol. The van der Waals surface area contributed by atoms with E-state index in [9.17, 15) is 13.6 Å². The quantitative estimate of drug-likeness (QED) is 0.864. The van der Waals surface area contributed by atoms with E-state index in [0.29, 0.717) is 17.1 Å². The Balaban J connectivity index is 1.99. The van der Waals surface area contributed by atoms with Crippen LogP contribution < -0.4 is 15.4 Å². The molecular weight excluding hydrogens is 278 g/mol. The molecule has 0 bridgehead atoms. The van der Waals surface area contributed by atoms with Crippen molar-refractivity contribution in [2.45, 2.75) is 6.54 Å². The first-order chi connectivity index (χ1) is 10.1. The molecule has 2 aromatic rings. The van der Waals surface area contributed by atoms with E-state index in [1.807, 2.05) is 0 Å². The van der Waals surface area contributed by atoms with Gasteiger partial charge in [0.1, 0.15) is 5.75 Å². The third-order valence-corrected chi connectivity index (χ3v) is 3.29. The molecule has 0 aliphatic carbocycles. The number of halogens is 2. The predicted octanol–water partition coefficient (Wildman–Crippen LogP) is 2.47. The Hall–Kier alpha value is -2.63. The molecule has 0 fully saturated rings. The van der Waals surface area contributed by atoms with Crippen molar-refractivity contribution in [3.8, 4) is 5.75 Å². The third kappa shape index (κ3) is 2.40. The van der Waals surface area contributed by atoms with Crippen LogP contribution >= 0.6 is 0 Å². The first-order valence-corrected chi connectivity index (χ1v) is 6.32. The Bertz CT molecular complexity index is 719. The van der Waals surface area contributed by atoms with Gasteiger partial charge in [-0.3, -0.25) is 4.79 Å². The van der Waals surface area contributed by atoms with Crippen LogP contribution in [0.4, 0.5) is 20.2 Å². The van der Waals surface area contributed by atoms with Crippen LogP contribution in [0.15, 0.2) is 36.4 Å². The number of carbonyl (C=O) groups excluding carboxylic acids is 1. The molecule has 0 unspecified atom stereocenters. The minimum Gasteiger partial charge on any atom is -0.481 e. The Morgan fingerprint density at radius 3 is 2.86 bits per heavy atom. The summed E-state index contributed by atoms with van der Waals surface area (Å²) in [6.07, 6.45) is 0. The minimum absolute atomic E-state index is 0.0668. The number of ether oxygens (including phenoxy) is 1. The second kappa shape index (κ2) is 5.05. The average Bonchev–Trinajstić information content (AvgIpc) is 2.46. The average molecular weight is 290 g/mol. The van der Waals surface area contributed by atoms with Crippen molar-refractivity contribution in [1.82, 2.24) is 0 Å². The van der Waals surface area contributed by atoms with E-state index in [1.54, 1.807) is 18.2 Å². The van der Waals surface area contributed by atoms with Gasteiger partial charge < -0.3 is 15.4 Å². The fourth-order valence-electron chi connectivity index (χ4n) is 2.24. The van der Waals surface area contributed by atoms with E-state index in [4.69, 9.17) is 10.5 Å². The zero-order chi connectivity index (χ0) is 15.0. The van der Waals surface area contributed by atoms with Crippen LogP contribution in [0.5, 0.6) is 5.75 Å². The van der Waals surface area contributed by atoms with Crippen LogP contribution in [-0.4, -0.2) is 12.5 Å². The molecular formula is C15H12F2N2O2. The van der Waals surface area contributed by atoms with Gasteiger partial charge in [0.25, 0.3) is 5.91 Å². The molecule has 2 N–H and O–H groups in total. The highest BCUT2D eigenvalue weighted by atomic mass is 19.2. The number of nitrogen functional groups attached to an aromatic ring is 1. The summed E-state index contributed by atoms with van der Waals surface area (Å²) in [5, 5.41) is 0. The SMILES string of the molecule is Nc1ccc2c(c1)OCC(=O)N2Cc1cccc(F)c1F. The summed E-state index contributed by atoms with van der Waals surface area (Å²) < 4.78 is 32.3. The smallest absolute Gasteiger partial charge is 0.265 e. The van der Waals surface area contributed by atoms with E-state index < -0.39 is 11.6 Å². The van der Waals surface area contributed by atoms with E-state index in [-0.39, 0.29) is 24.6 Å². The van der Waals surface area contributed by atoms with Crippen LogP contribution in [0.1, 0.15) is 5.56 Å². The van der Waals surface area contributed by atoms with Crippen molar-refractivity contribution < 1.29 is 18.3 Å². The van der Waals surface area contributed by atoms with Gasteiger partial charge in [0, 0.05) is 17.3 Å². The molecule has 0 atom stereocenters. The van der Waals surface area contributed by atoms with Gasteiger partial charge in [-0.15, -0.1) is 0 Å². The molecule has 1 heterocycles. The maximum Gasteiger partial charge on any atom is 0.265 e. The number of rotatable bonds is 2. The molecule has 3 rings (SSSR count). The highest BCUT2D eigenvalue weighted by Gasteiger charge is 2.26. The normalized spacial score (nSPS) is 13.8. The molecule has 6 heteroatoms. The van der Waals surface area contributed by atoms with Crippen LogP contribution in [0.3, 0.4) is 0 Å². The number of hydrogen-bond acceptors (Lipinski definition) is 3. The van der Waals surface area contributed by atoms with E-state index in [2.05, 4.69) is 0 Å².